The van der Waals surface area contributed by atoms with E-state index in [1.54, 1.807) is 12.4 Å². The van der Waals surface area contributed by atoms with Gasteiger partial charge in [0.15, 0.2) is 5.82 Å². The molecule has 1 amide bonds. The zero-order valence-electron chi connectivity index (χ0n) is 20.0. The lowest BCUT2D eigenvalue weighted by Gasteiger charge is -2.38. The Morgan fingerprint density at radius 2 is 1.57 bits per heavy atom. The summed E-state index contributed by atoms with van der Waals surface area (Å²) >= 11 is 0. The van der Waals surface area contributed by atoms with E-state index in [-0.39, 0.29) is 11.9 Å². The van der Waals surface area contributed by atoms with E-state index >= 15 is 0 Å². The van der Waals surface area contributed by atoms with E-state index in [2.05, 4.69) is 42.7 Å². The van der Waals surface area contributed by atoms with E-state index in [9.17, 15) is 4.79 Å². The van der Waals surface area contributed by atoms with Crippen molar-refractivity contribution >= 4 is 11.9 Å². The van der Waals surface area contributed by atoms with Gasteiger partial charge >= 0.3 is 0 Å². The maximum Gasteiger partial charge on any atom is 0.257 e. The van der Waals surface area contributed by atoms with E-state index < -0.39 is 0 Å². The van der Waals surface area contributed by atoms with Gasteiger partial charge in [-0.3, -0.25) is 4.79 Å². The average Bonchev–Trinajstić information content (AvgIpc) is 3.75. The van der Waals surface area contributed by atoms with Crippen molar-refractivity contribution in [2.45, 2.75) is 57.5 Å². The zero-order chi connectivity index (χ0) is 24.2. The van der Waals surface area contributed by atoms with E-state index in [1.807, 2.05) is 36.7 Å². The van der Waals surface area contributed by atoms with Crippen molar-refractivity contribution in [3.63, 3.8) is 0 Å². The summed E-state index contributed by atoms with van der Waals surface area (Å²) in [5.41, 5.74) is 3.49. The van der Waals surface area contributed by atoms with Crippen LogP contribution in [0.5, 0.6) is 0 Å². The van der Waals surface area contributed by atoms with Gasteiger partial charge in [0.1, 0.15) is 0 Å². The Balaban J connectivity index is 1.25. The van der Waals surface area contributed by atoms with Crippen LogP contribution in [0.3, 0.4) is 0 Å². The lowest BCUT2D eigenvalue weighted by atomic mass is 10.0. The smallest absolute Gasteiger partial charge is 0.257 e. The highest BCUT2D eigenvalue weighted by Crippen LogP contribution is 2.33. The Hall–Kier alpha value is -3.86. The molecule has 35 heavy (non-hydrogen) atoms. The Morgan fingerprint density at radius 1 is 0.943 bits per heavy atom. The molecular weight excluding hydrogens is 438 g/mol. The molecule has 3 aromatic rings. The number of nitrogens with zero attached hydrogens (tertiary/aromatic N) is 7. The lowest BCUT2D eigenvalue weighted by molar-refractivity contribution is 0.0629. The molecule has 2 fully saturated rings. The van der Waals surface area contributed by atoms with Gasteiger partial charge in [0.05, 0.1) is 18.1 Å². The minimum absolute atomic E-state index is 0.0189. The van der Waals surface area contributed by atoms with Crippen LogP contribution in [0, 0.1) is 11.3 Å². The van der Waals surface area contributed by atoms with Gasteiger partial charge in [-0.05, 0) is 43.2 Å². The Kier molecular flexibility index (Phi) is 6.66. The van der Waals surface area contributed by atoms with Crippen LogP contribution in [0.4, 0.5) is 5.95 Å². The number of carbonyl (C=O) groups excluding carboxylic acids is 1. The number of benzene rings is 1. The van der Waals surface area contributed by atoms with Crippen LogP contribution in [0.2, 0.25) is 0 Å². The first-order chi connectivity index (χ1) is 17.2. The number of aromatic nitrogens is 4. The first kappa shape index (κ1) is 22.9. The standard InChI is InChI=1S/C27H29N7O/c1-2-19-15-31-27(32-16-19)33-13-10-24(11-14-33)34(23-7-8-23)26(35)22-17-29-25(30-18-22)21-5-3-20(4-6-21)9-12-28/h3-6,15-18,23-24H,2,7-11,13-14H2,1H3. The van der Waals surface area contributed by atoms with Crippen LogP contribution in [0.15, 0.2) is 49.1 Å². The zero-order valence-corrected chi connectivity index (χ0v) is 20.0. The molecule has 8 nitrogen and oxygen atoms in total. The molecule has 0 unspecified atom stereocenters. The monoisotopic (exact) mass is 467 g/mol. The van der Waals surface area contributed by atoms with Gasteiger partial charge in [-0.2, -0.15) is 5.26 Å². The van der Waals surface area contributed by atoms with Gasteiger partial charge in [0.2, 0.25) is 5.95 Å². The Bertz CT molecular complexity index is 1190. The van der Waals surface area contributed by atoms with Crippen molar-refractivity contribution in [1.29, 1.82) is 5.26 Å². The molecule has 0 spiro atoms. The van der Waals surface area contributed by atoms with E-state index in [0.717, 1.165) is 67.8 Å². The number of rotatable bonds is 7. The molecule has 0 radical (unpaired) electrons. The van der Waals surface area contributed by atoms with Gasteiger partial charge in [-0.1, -0.05) is 31.2 Å². The topological polar surface area (TPSA) is 98.9 Å². The molecular formula is C27H29N7O. The third-order valence-electron chi connectivity index (χ3n) is 6.81. The highest BCUT2D eigenvalue weighted by atomic mass is 16.2. The van der Waals surface area contributed by atoms with Gasteiger partial charge in [-0.25, -0.2) is 19.9 Å². The normalized spacial score (nSPS) is 16.1. The third-order valence-corrected chi connectivity index (χ3v) is 6.81. The summed E-state index contributed by atoms with van der Waals surface area (Å²) in [6, 6.07) is 10.3. The molecule has 178 valence electrons. The van der Waals surface area contributed by atoms with Crippen molar-refractivity contribution in [2.24, 2.45) is 0 Å². The van der Waals surface area contributed by atoms with Gasteiger partial charge in [0, 0.05) is 55.5 Å². The maximum absolute atomic E-state index is 13.5. The minimum atomic E-state index is 0.0189. The second kappa shape index (κ2) is 10.2. The lowest BCUT2D eigenvalue weighted by Crippen LogP contribution is -2.48. The van der Waals surface area contributed by atoms with Crippen molar-refractivity contribution in [3.05, 3.63) is 65.7 Å². The molecule has 8 heteroatoms. The SMILES string of the molecule is CCc1cnc(N2CCC(N(C(=O)c3cnc(-c4ccc(CC#N)cc4)nc3)C3CC3)CC2)nc1. The molecule has 0 atom stereocenters. The van der Waals surface area contributed by atoms with Crippen molar-refractivity contribution in [3.8, 4) is 17.5 Å². The molecule has 1 saturated carbocycles. The summed E-state index contributed by atoms with van der Waals surface area (Å²) in [6.45, 7) is 3.77. The van der Waals surface area contributed by atoms with Crippen LogP contribution < -0.4 is 4.90 Å². The number of nitriles is 1. The first-order valence-corrected chi connectivity index (χ1v) is 12.3. The highest BCUT2D eigenvalue weighted by molar-refractivity contribution is 5.94. The summed E-state index contributed by atoms with van der Waals surface area (Å²) < 4.78 is 0. The fraction of sp³-hybridized carbons (Fsp3) is 0.407. The molecule has 2 aromatic heterocycles. The first-order valence-electron chi connectivity index (χ1n) is 12.3. The van der Waals surface area contributed by atoms with Gasteiger partial charge in [-0.15, -0.1) is 0 Å². The molecule has 1 aromatic carbocycles. The minimum Gasteiger partial charge on any atom is -0.341 e. The predicted molar refractivity (Wildman–Crippen MR) is 133 cm³/mol. The van der Waals surface area contributed by atoms with E-state index in [0.29, 0.717) is 23.9 Å². The van der Waals surface area contributed by atoms with Crippen LogP contribution in [0.1, 0.15) is 54.1 Å². The molecule has 2 aliphatic rings. The van der Waals surface area contributed by atoms with Gasteiger partial charge < -0.3 is 9.80 Å². The molecule has 1 aliphatic heterocycles. The molecule has 0 bridgehead atoms. The Morgan fingerprint density at radius 3 is 2.14 bits per heavy atom. The number of piperidine rings is 1. The second-order valence-electron chi connectivity index (χ2n) is 9.23. The third kappa shape index (κ3) is 5.14. The number of carbonyl (C=O) groups is 1. The Labute approximate surface area is 205 Å². The number of hydrogen-bond donors (Lipinski definition) is 0. The van der Waals surface area contributed by atoms with E-state index in [1.165, 1.54) is 0 Å². The molecule has 1 saturated heterocycles. The number of aryl methyl sites for hydroxylation is 1. The fourth-order valence-electron chi connectivity index (χ4n) is 4.62. The second-order valence-corrected chi connectivity index (χ2v) is 9.23. The number of hydrogen-bond acceptors (Lipinski definition) is 7. The molecule has 0 N–H and O–H groups in total. The van der Waals surface area contributed by atoms with E-state index in [4.69, 9.17) is 5.26 Å². The van der Waals surface area contributed by atoms with Crippen molar-refractivity contribution < 1.29 is 4.79 Å². The molecule has 1 aliphatic carbocycles. The van der Waals surface area contributed by atoms with Crippen LogP contribution in [-0.2, 0) is 12.8 Å². The summed E-state index contributed by atoms with van der Waals surface area (Å²) in [4.78, 5) is 35.8. The quantitative estimate of drug-likeness (QED) is 0.521. The number of amides is 1. The summed E-state index contributed by atoms with van der Waals surface area (Å²) in [5.74, 6) is 1.37. The van der Waals surface area contributed by atoms with Crippen LogP contribution >= 0.6 is 0 Å². The maximum atomic E-state index is 13.5. The summed E-state index contributed by atoms with van der Waals surface area (Å²) in [7, 11) is 0. The van der Waals surface area contributed by atoms with Gasteiger partial charge in [0.25, 0.3) is 5.91 Å². The number of anilines is 1. The highest BCUT2D eigenvalue weighted by Gasteiger charge is 2.39. The van der Waals surface area contributed by atoms with Crippen molar-refractivity contribution in [1.82, 2.24) is 24.8 Å². The summed E-state index contributed by atoms with van der Waals surface area (Å²) in [6.07, 6.45) is 12.3. The summed E-state index contributed by atoms with van der Waals surface area (Å²) in [5, 5.41) is 8.84. The predicted octanol–water partition coefficient (Wildman–Crippen LogP) is 3.84. The molecule has 5 rings (SSSR count). The fourth-order valence-corrected chi connectivity index (χ4v) is 4.62. The average molecular weight is 468 g/mol. The van der Waals surface area contributed by atoms with Crippen molar-refractivity contribution in [2.75, 3.05) is 18.0 Å². The van der Waals surface area contributed by atoms with Crippen LogP contribution in [0.25, 0.3) is 11.4 Å². The molecule has 3 heterocycles. The van der Waals surface area contributed by atoms with Crippen LogP contribution in [-0.4, -0.2) is 55.9 Å². The largest absolute Gasteiger partial charge is 0.341 e.